The van der Waals surface area contributed by atoms with Crippen LogP contribution < -0.4 is 0 Å². The smallest absolute Gasteiger partial charge is 0.306 e. The van der Waals surface area contributed by atoms with Gasteiger partial charge in [0.05, 0.1) is 6.10 Å². The lowest BCUT2D eigenvalue weighted by molar-refractivity contribution is -0.164. The highest BCUT2D eigenvalue weighted by Gasteiger charge is 2.85. The minimum absolute atomic E-state index is 0. The molecule has 0 aromatic heterocycles. The lowest BCUT2D eigenvalue weighted by Crippen LogP contribution is -2.60. The molecule has 0 bridgehead atoms. The molecule has 7 aliphatic rings. The van der Waals surface area contributed by atoms with Crippen LogP contribution in [0.15, 0.2) is 23.8 Å². The van der Waals surface area contributed by atoms with Crippen molar-refractivity contribution in [2.24, 2.45) is 34.5 Å². The molecule has 0 aromatic rings. The summed E-state index contributed by atoms with van der Waals surface area (Å²) in [6.07, 6.45) is 11.9. The maximum Gasteiger partial charge on any atom is 0.306 e. The number of esters is 1. The van der Waals surface area contributed by atoms with Crippen molar-refractivity contribution in [3.8, 4) is 0 Å². The minimum Gasteiger partial charge on any atom is -0.458 e. The third-order valence-electron chi connectivity index (χ3n) is 10.0. The third kappa shape index (κ3) is 2.60. The van der Waals surface area contributed by atoms with Crippen LogP contribution in [-0.4, -0.2) is 29.1 Å². The molecule has 2 spiro atoms. The Bertz CT molecular complexity index is 904. The van der Waals surface area contributed by atoms with Crippen LogP contribution in [-0.2, 0) is 19.1 Å². The Morgan fingerprint density at radius 3 is 2.48 bits per heavy atom. The summed E-state index contributed by atoms with van der Waals surface area (Å²) in [5, 5.41) is 0. The van der Waals surface area contributed by atoms with Gasteiger partial charge < -0.3 is 9.47 Å². The van der Waals surface area contributed by atoms with E-state index in [9.17, 15) is 9.59 Å². The maximum atomic E-state index is 12.1. The van der Waals surface area contributed by atoms with Gasteiger partial charge in [0.1, 0.15) is 11.2 Å². The first-order valence-electron chi connectivity index (χ1n) is 10.7. The van der Waals surface area contributed by atoms with E-state index in [1.165, 1.54) is 12.0 Å². The fraction of sp³-hybridized carbons (Fsp3) is 0.739. The summed E-state index contributed by atoms with van der Waals surface area (Å²) in [5.41, 5.74) is 0.839. The number of allylic oxidation sites excluding steroid dienone is 2. The average molecular weight is 503 g/mol. The van der Waals surface area contributed by atoms with Crippen LogP contribution in [0.2, 0.25) is 0 Å². The van der Waals surface area contributed by atoms with E-state index < -0.39 is 0 Å². The number of carbonyl (C=O) groups is 2. The number of fused-ring (bicyclic) bond motifs is 7. The molecular weight excluding hydrogens is 469 g/mol. The summed E-state index contributed by atoms with van der Waals surface area (Å²) in [6.45, 7) is 4.70. The van der Waals surface area contributed by atoms with Gasteiger partial charge in [-0.2, -0.15) is 54.0 Å². The molecule has 1 unspecified atom stereocenters. The number of epoxide rings is 1. The normalized spacial score (nSPS) is 53.5. The molecule has 2 aliphatic heterocycles. The average Bonchev–Trinajstić information content (AvgIpc) is 3.49. The predicted molar refractivity (Wildman–Crippen MR) is 138 cm³/mol. The molecule has 4 saturated carbocycles. The molecule has 0 aromatic carbocycles. The van der Waals surface area contributed by atoms with Gasteiger partial charge in [-0.15, -0.1) is 0 Å². The van der Waals surface area contributed by atoms with Crippen molar-refractivity contribution in [1.29, 1.82) is 0 Å². The zero-order valence-electron chi connectivity index (χ0n) is 18.0. The number of rotatable bonds is 0. The van der Waals surface area contributed by atoms with Crippen molar-refractivity contribution in [1.82, 2.24) is 0 Å². The van der Waals surface area contributed by atoms with Gasteiger partial charge in [0.2, 0.25) is 0 Å². The molecule has 2 heterocycles. The number of carbonyl (C=O) groups excluding carboxylic acids is 2. The second-order valence-electron chi connectivity index (χ2n) is 10.7. The van der Waals surface area contributed by atoms with Crippen LogP contribution in [0.3, 0.4) is 0 Å². The maximum absolute atomic E-state index is 12.1. The van der Waals surface area contributed by atoms with Gasteiger partial charge >= 0.3 is 5.97 Å². The van der Waals surface area contributed by atoms with E-state index in [4.69, 9.17) is 9.47 Å². The van der Waals surface area contributed by atoms with Crippen LogP contribution in [0, 0.1) is 34.5 Å². The van der Waals surface area contributed by atoms with E-state index in [0.717, 1.165) is 25.7 Å². The summed E-state index contributed by atoms with van der Waals surface area (Å²) < 4.78 is 12.7. The number of ether oxygens (including phenoxy) is 2. The van der Waals surface area contributed by atoms with Crippen LogP contribution >= 0.6 is 54.0 Å². The van der Waals surface area contributed by atoms with E-state index in [-0.39, 0.29) is 93.9 Å². The Balaban J connectivity index is 0.000000681. The van der Waals surface area contributed by atoms with Crippen molar-refractivity contribution in [2.75, 3.05) is 0 Å². The first kappa shape index (κ1) is 25.6. The lowest BCUT2D eigenvalue weighted by Gasteiger charge is -2.55. The van der Waals surface area contributed by atoms with Gasteiger partial charge in [-0.1, -0.05) is 18.6 Å². The van der Waals surface area contributed by atoms with E-state index in [1.54, 1.807) is 6.08 Å². The first-order valence-corrected chi connectivity index (χ1v) is 10.7. The van der Waals surface area contributed by atoms with Crippen molar-refractivity contribution in [3.63, 3.8) is 0 Å². The molecule has 0 radical (unpaired) electrons. The van der Waals surface area contributed by atoms with Gasteiger partial charge in [0.25, 0.3) is 0 Å². The Morgan fingerprint density at radius 1 is 1.06 bits per heavy atom. The van der Waals surface area contributed by atoms with E-state index >= 15 is 0 Å². The molecular formula is C23H34O4S4. The SMILES string of the molecule is C[C@]12C=CC(=O)C=C1[C@@H]1C[C@@H]1[C@H]1[C@@H]3CC[C@@]4(CCC(=O)O4)[C@@]3(C)C[C@H]3OC132.S.S.S.S. The van der Waals surface area contributed by atoms with Crippen molar-refractivity contribution in [2.45, 2.75) is 69.7 Å². The topological polar surface area (TPSA) is 55.9 Å². The standard InChI is InChI=1S/C23H26O4.4H2S/c1-20-6-3-12(24)9-16(20)13-10-14(13)19-15-4-7-22(8-5-18(25)27-22)21(15,2)11-17-23(19,20)26-17;;;;/h3,6,9,13-15,17,19H,4-5,7-8,10-11H2,1-2H3;4*1H2/t13-,14+,15+,17-,19+,20+,21+,22-,23?;;;;/m1..../s1. The molecule has 8 heteroatoms. The summed E-state index contributed by atoms with van der Waals surface area (Å²) in [7, 11) is 0. The summed E-state index contributed by atoms with van der Waals surface area (Å²) >= 11 is 0. The van der Waals surface area contributed by atoms with Gasteiger partial charge in [0, 0.05) is 17.3 Å². The minimum atomic E-state index is -0.257. The second-order valence-corrected chi connectivity index (χ2v) is 10.7. The highest BCUT2D eigenvalue weighted by molar-refractivity contribution is 7.59. The van der Waals surface area contributed by atoms with E-state index in [2.05, 4.69) is 19.9 Å². The second kappa shape index (κ2) is 7.24. The van der Waals surface area contributed by atoms with Crippen molar-refractivity contribution >= 4 is 65.7 Å². The largest absolute Gasteiger partial charge is 0.458 e. The zero-order chi connectivity index (χ0) is 18.4. The molecule has 5 aliphatic carbocycles. The highest BCUT2D eigenvalue weighted by atomic mass is 32.1. The Labute approximate surface area is 212 Å². The summed E-state index contributed by atoms with van der Waals surface area (Å²) in [4.78, 5) is 24.1. The number of hydrogen-bond acceptors (Lipinski definition) is 4. The molecule has 2 saturated heterocycles. The number of ketones is 1. The molecule has 4 nitrogen and oxygen atoms in total. The molecule has 9 atom stereocenters. The van der Waals surface area contributed by atoms with E-state index in [1.807, 2.05) is 6.08 Å². The van der Waals surface area contributed by atoms with Gasteiger partial charge in [-0.05, 0) is 74.9 Å². The van der Waals surface area contributed by atoms with Crippen molar-refractivity contribution in [3.05, 3.63) is 23.8 Å². The van der Waals surface area contributed by atoms with Crippen LogP contribution in [0.5, 0.6) is 0 Å². The zero-order valence-corrected chi connectivity index (χ0v) is 22.0. The fourth-order valence-corrected chi connectivity index (χ4v) is 8.75. The third-order valence-corrected chi connectivity index (χ3v) is 10.0. The van der Waals surface area contributed by atoms with Gasteiger partial charge in [-0.3, -0.25) is 9.59 Å². The lowest BCUT2D eigenvalue weighted by atomic mass is 9.47. The quantitative estimate of drug-likeness (QED) is 0.373. The Kier molecular flexibility index (Phi) is 5.98. The summed E-state index contributed by atoms with van der Waals surface area (Å²) in [5.74, 6) is 2.41. The number of hydrogen-bond donors (Lipinski definition) is 0. The van der Waals surface area contributed by atoms with E-state index in [0.29, 0.717) is 30.1 Å². The molecule has 31 heavy (non-hydrogen) atoms. The molecule has 6 fully saturated rings. The van der Waals surface area contributed by atoms with Crippen molar-refractivity contribution < 1.29 is 19.1 Å². The Morgan fingerprint density at radius 2 is 1.81 bits per heavy atom. The predicted octanol–water partition coefficient (Wildman–Crippen LogP) is 3.81. The highest BCUT2D eigenvalue weighted by Crippen LogP contribution is 2.82. The fourth-order valence-electron chi connectivity index (χ4n) is 8.75. The van der Waals surface area contributed by atoms with Gasteiger partial charge in [-0.25, -0.2) is 0 Å². The molecule has 0 N–H and O–H groups in total. The summed E-state index contributed by atoms with van der Waals surface area (Å²) in [6, 6.07) is 0. The molecule has 174 valence electrons. The Hall–Kier alpha value is -0.0200. The monoisotopic (exact) mass is 502 g/mol. The van der Waals surface area contributed by atoms with Crippen LogP contribution in [0.1, 0.15) is 52.4 Å². The molecule has 0 amide bonds. The van der Waals surface area contributed by atoms with Crippen LogP contribution in [0.4, 0.5) is 0 Å². The molecule has 7 rings (SSSR count). The van der Waals surface area contributed by atoms with Gasteiger partial charge in [0.15, 0.2) is 5.78 Å². The first-order chi connectivity index (χ1) is 12.8. The van der Waals surface area contributed by atoms with Crippen LogP contribution in [0.25, 0.3) is 0 Å².